The summed E-state index contributed by atoms with van der Waals surface area (Å²) < 4.78 is 0. The molecule has 0 aromatic carbocycles. The van der Waals surface area contributed by atoms with E-state index in [2.05, 4.69) is 18.7 Å². The summed E-state index contributed by atoms with van der Waals surface area (Å²) in [4.78, 5) is 15.7. The molecule has 1 aliphatic rings. The Morgan fingerprint density at radius 1 is 1.31 bits per heavy atom. The van der Waals surface area contributed by atoms with E-state index < -0.39 is 0 Å². The van der Waals surface area contributed by atoms with Gasteiger partial charge in [0.2, 0.25) is 5.91 Å². The van der Waals surface area contributed by atoms with Gasteiger partial charge in [0.15, 0.2) is 0 Å². The largest absolute Gasteiger partial charge is 0.340 e. The predicted octanol–water partition coefficient (Wildman–Crippen LogP) is 0.951. The molecule has 0 radical (unpaired) electrons. The van der Waals surface area contributed by atoms with E-state index >= 15 is 0 Å². The molecule has 0 aliphatic carbocycles. The van der Waals surface area contributed by atoms with Gasteiger partial charge < -0.3 is 4.90 Å². The Bertz CT molecular complexity index is 170. The minimum Gasteiger partial charge on any atom is -0.340 e. The molecule has 1 rings (SSSR count). The summed E-state index contributed by atoms with van der Waals surface area (Å²) in [6.45, 7) is 8.81. The van der Waals surface area contributed by atoms with Crippen molar-refractivity contribution in [2.45, 2.75) is 26.7 Å². The molecule has 3 nitrogen and oxygen atoms in total. The van der Waals surface area contributed by atoms with Gasteiger partial charge in [0.1, 0.15) is 0 Å². The monoisotopic (exact) mass is 184 g/mol. The normalized spacial score (nSPS) is 19.5. The lowest BCUT2D eigenvalue weighted by Gasteiger charge is -2.33. The third kappa shape index (κ3) is 2.99. The lowest BCUT2D eigenvalue weighted by molar-refractivity contribution is -0.135. The van der Waals surface area contributed by atoms with Crippen LogP contribution in [0.5, 0.6) is 0 Å². The minimum absolute atomic E-state index is 0.307. The van der Waals surface area contributed by atoms with Crippen LogP contribution in [-0.2, 0) is 4.79 Å². The lowest BCUT2D eigenvalue weighted by atomic mass is 10.2. The number of carbonyl (C=O) groups is 1. The number of hydrogen-bond acceptors (Lipinski definition) is 2. The quantitative estimate of drug-likeness (QED) is 0.649. The van der Waals surface area contributed by atoms with E-state index in [0.29, 0.717) is 12.5 Å². The van der Waals surface area contributed by atoms with Crippen molar-refractivity contribution < 1.29 is 4.79 Å². The average Bonchev–Trinajstić information content (AvgIpc) is 2.16. The van der Waals surface area contributed by atoms with Crippen LogP contribution in [0, 0.1) is 0 Å². The Kier molecular flexibility index (Phi) is 4.22. The smallest absolute Gasteiger partial charge is 0.236 e. The molecule has 1 saturated heterocycles. The number of likely N-dealkylation sites (N-methyl/N-ethyl adjacent to an activating group) is 1. The lowest BCUT2D eigenvalue weighted by Crippen LogP contribution is -2.50. The molecule has 1 amide bonds. The molecule has 13 heavy (non-hydrogen) atoms. The van der Waals surface area contributed by atoms with E-state index in [9.17, 15) is 4.79 Å². The molecule has 0 N–H and O–H groups in total. The molecule has 0 aromatic rings. The Morgan fingerprint density at radius 3 is 2.62 bits per heavy atom. The number of carbonyl (C=O) groups excluding carboxylic acids is 1. The summed E-state index contributed by atoms with van der Waals surface area (Å²) in [6.07, 6.45) is 2.30. The molecule has 1 aliphatic heterocycles. The van der Waals surface area contributed by atoms with Gasteiger partial charge in [-0.05, 0) is 13.0 Å². The zero-order valence-corrected chi connectivity index (χ0v) is 8.75. The number of piperazine rings is 1. The van der Waals surface area contributed by atoms with E-state index in [1.54, 1.807) is 0 Å². The molecular formula is C10H20N2O. The fraction of sp³-hybridized carbons (Fsp3) is 0.900. The summed E-state index contributed by atoms with van der Waals surface area (Å²) in [6, 6.07) is 0. The van der Waals surface area contributed by atoms with Crippen molar-refractivity contribution in [3.8, 4) is 0 Å². The second-order valence-corrected chi connectivity index (χ2v) is 3.60. The standard InChI is InChI=1S/C10H20N2O/c1-3-5-6-12-8-7-11(4-2)9-10(12)13/h3-9H2,1-2H3. The van der Waals surface area contributed by atoms with Crippen molar-refractivity contribution in [3.63, 3.8) is 0 Å². The average molecular weight is 184 g/mol. The summed E-state index contributed by atoms with van der Waals surface area (Å²) in [7, 11) is 0. The van der Waals surface area contributed by atoms with Crippen molar-refractivity contribution in [2.75, 3.05) is 32.7 Å². The van der Waals surface area contributed by atoms with Crippen LogP contribution in [0.4, 0.5) is 0 Å². The number of rotatable bonds is 4. The predicted molar refractivity (Wildman–Crippen MR) is 53.6 cm³/mol. The van der Waals surface area contributed by atoms with Gasteiger partial charge in [-0.15, -0.1) is 0 Å². The number of hydrogen-bond donors (Lipinski definition) is 0. The van der Waals surface area contributed by atoms with Gasteiger partial charge in [-0.2, -0.15) is 0 Å². The van der Waals surface area contributed by atoms with Crippen molar-refractivity contribution in [2.24, 2.45) is 0 Å². The van der Waals surface area contributed by atoms with Gasteiger partial charge in [-0.3, -0.25) is 9.69 Å². The van der Waals surface area contributed by atoms with Crippen LogP contribution in [0.2, 0.25) is 0 Å². The third-order valence-corrected chi connectivity index (χ3v) is 2.63. The van der Waals surface area contributed by atoms with Crippen molar-refractivity contribution >= 4 is 5.91 Å². The first-order valence-corrected chi connectivity index (χ1v) is 5.28. The molecule has 1 heterocycles. The highest BCUT2D eigenvalue weighted by Crippen LogP contribution is 2.04. The van der Waals surface area contributed by atoms with E-state index in [-0.39, 0.29) is 0 Å². The highest BCUT2D eigenvalue weighted by atomic mass is 16.2. The summed E-state index contributed by atoms with van der Waals surface area (Å²) >= 11 is 0. The fourth-order valence-electron chi connectivity index (χ4n) is 1.61. The molecule has 3 heteroatoms. The van der Waals surface area contributed by atoms with Gasteiger partial charge in [-0.25, -0.2) is 0 Å². The van der Waals surface area contributed by atoms with Crippen LogP contribution in [-0.4, -0.2) is 48.4 Å². The Hall–Kier alpha value is -0.570. The molecule has 1 fully saturated rings. The Labute approximate surface area is 80.7 Å². The summed E-state index contributed by atoms with van der Waals surface area (Å²) in [5.41, 5.74) is 0. The van der Waals surface area contributed by atoms with Gasteiger partial charge >= 0.3 is 0 Å². The van der Waals surface area contributed by atoms with Crippen LogP contribution < -0.4 is 0 Å². The second-order valence-electron chi connectivity index (χ2n) is 3.60. The van der Waals surface area contributed by atoms with E-state index in [0.717, 1.165) is 32.6 Å². The Morgan fingerprint density at radius 2 is 2.08 bits per heavy atom. The Balaban J connectivity index is 2.31. The molecule has 0 bridgehead atoms. The third-order valence-electron chi connectivity index (χ3n) is 2.63. The molecule has 0 unspecified atom stereocenters. The second kappa shape index (κ2) is 5.22. The number of unbranched alkanes of at least 4 members (excludes halogenated alkanes) is 1. The maximum absolute atomic E-state index is 11.6. The zero-order chi connectivity index (χ0) is 9.68. The fourth-order valence-corrected chi connectivity index (χ4v) is 1.61. The van der Waals surface area contributed by atoms with Crippen LogP contribution in [0.25, 0.3) is 0 Å². The van der Waals surface area contributed by atoms with Crippen LogP contribution in [0.3, 0.4) is 0 Å². The molecular weight excluding hydrogens is 164 g/mol. The van der Waals surface area contributed by atoms with Gasteiger partial charge in [0, 0.05) is 19.6 Å². The molecule has 0 saturated carbocycles. The van der Waals surface area contributed by atoms with Crippen molar-refractivity contribution in [3.05, 3.63) is 0 Å². The molecule has 0 aromatic heterocycles. The summed E-state index contributed by atoms with van der Waals surface area (Å²) in [5.74, 6) is 0.307. The maximum Gasteiger partial charge on any atom is 0.236 e. The van der Waals surface area contributed by atoms with E-state index in [1.165, 1.54) is 6.42 Å². The topological polar surface area (TPSA) is 23.6 Å². The van der Waals surface area contributed by atoms with E-state index in [4.69, 9.17) is 0 Å². The van der Waals surface area contributed by atoms with Crippen LogP contribution in [0.15, 0.2) is 0 Å². The van der Waals surface area contributed by atoms with Crippen LogP contribution >= 0.6 is 0 Å². The first kappa shape index (κ1) is 10.5. The zero-order valence-electron chi connectivity index (χ0n) is 8.75. The SMILES string of the molecule is CCCCN1CCN(CC)CC1=O. The number of nitrogens with zero attached hydrogens (tertiary/aromatic N) is 2. The molecule has 0 spiro atoms. The number of amides is 1. The highest BCUT2D eigenvalue weighted by molar-refractivity contribution is 5.78. The van der Waals surface area contributed by atoms with Crippen LogP contribution in [0.1, 0.15) is 26.7 Å². The highest BCUT2D eigenvalue weighted by Gasteiger charge is 2.21. The first-order chi connectivity index (χ1) is 6.27. The maximum atomic E-state index is 11.6. The van der Waals surface area contributed by atoms with Crippen molar-refractivity contribution in [1.29, 1.82) is 0 Å². The van der Waals surface area contributed by atoms with Gasteiger partial charge in [-0.1, -0.05) is 20.3 Å². The molecule has 0 atom stereocenters. The first-order valence-electron chi connectivity index (χ1n) is 5.28. The minimum atomic E-state index is 0.307. The van der Waals surface area contributed by atoms with Gasteiger partial charge in [0.25, 0.3) is 0 Å². The molecule has 76 valence electrons. The van der Waals surface area contributed by atoms with Crippen molar-refractivity contribution in [1.82, 2.24) is 9.80 Å². The van der Waals surface area contributed by atoms with Gasteiger partial charge in [0.05, 0.1) is 6.54 Å². The summed E-state index contributed by atoms with van der Waals surface area (Å²) in [5, 5.41) is 0. The van der Waals surface area contributed by atoms with E-state index in [1.807, 2.05) is 4.90 Å².